The van der Waals surface area contributed by atoms with Crippen molar-refractivity contribution >= 4 is 0 Å². The van der Waals surface area contributed by atoms with Crippen molar-refractivity contribution in [1.29, 1.82) is 0 Å². The Labute approximate surface area is 123 Å². The fraction of sp³-hybridized carbons (Fsp3) is 1.00. The summed E-state index contributed by atoms with van der Waals surface area (Å²) in [7, 11) is 0. The van der Waals surface area contributed by atoms with E-state index in [0.29, 0.717) is 18.1 Å². The Bertz CT molecular complexity index is 360. The molecule has 2 aliphatic heterocycles. The molecule has 3 rings (SSSR count). The Hall–Kier alpha value is -0.160. The van der Waals surface area contributed by atoms with Crippen LogP contribution in [0.5, 0.6) is 0 Å². The van der Waals surface area contributed by atoms with Gasteiger partial charge < -0.3 is 15.2 Å². The quantitative estimate of drug-likeness (QED) is 0.836. The molecular weight excluding hydrogens is 252 g/mol. The van der Waals surface area contributed by atoms with Gasteiger partial charge in [-0.3, -0.25) is 4.90 Å². The van der Waals surface area contributed by atoms with E-state index >= 15 is 0 Å². The Morgan fingerprint density at radius 3 is 2.75 bits per heavy atom. The zero-order valence-corrected chi connectivity index (χ0v) is 13.2. The molecule has 20 heavy (non-hydrogen) atoms. The molecule has 4 heteroatoms. The second kappa shape index (κ2) is 5.24. The van der Waals surface area contributed by atoms with Gasteiger partial charge in [-0.2, -0.15) is 0 Å². The molecule has 0 aromatic heterocycles. The van der Waals surface area contributed by atoms with Crippen LogP contribution in [0.25, 0.3) is 0 Å². The topological polar surface area (TPSA) is 47.7 Å². The van der Waals surface area contributed by atoms with E-state index in [2.05, 4.69) is 25.7 Å². The second-order valence-corrected chi connectivity index (χ2v) is 7.57. The van der Waals surface area contributed by atoms with Gasteiger partial charge in [-0.15, -0.1) is 0 Å². The highest BCUT2D eigenvalue weighted by atomic mass is 16.5. The first kappa shape index (κ1) is 14.8. The molecule has 3 fully saturated rings. The fourth-order valence-corrected chi connectivity index (χ4v) is 4.58. The summed E-state index contributed by atoms with van der Waals surface area (Å²) in [6, 6.07) is 0. The van der Waals surface area contributed by atoms with Crippen molar-refractivity contribution in [1.82, 2.24) is 4.90 Å². The lowest BCUT2D eigenvalue weighted by Gasteiger charge is -2.67. The van der Waals surface area contributed by atoms with Crippen LogP contribution < -0.4 is 5.73 Å². The summed E-state index contributed by atoms with van der Waals surface area (Å²) in [5.74, 6) is 0.533. The minimum absolute atomic E-state index is 0.0779. The molecule has 0 spiro atoms. The van der Waals surface area contributed by atoms with E-state index in [4.69, 9.17) is 15.2 Å². The molecule has 4 atom stereocenters. The maximum absolute atomic E-state index is 6.90. The molecule has 3 aliphatic rings. The zero-order chi connectivity index (χ0) is 14.4. The van der Waals surface area contributed by atoms with Crippen LogP contribution in [0.15, 0.2) is 0 Å². The van der Waals surface area contributed by atoms with Gasteiger partial charge >= 0.3 is 0 Å². The SMILES string of the molecule is CC1CN(CC2(N)C3CCCOC3C2(C)C)CCCO1. The van der Waals surface area contributed by atoms with E-state index < -0.39 is 0 Å². The highest BCUT2D eigenvalue weighted by molar-refractivity contribution is 5.20. The maximum Gasteiger partial charge on any atom is 0.0690 e. The van der Waals surface area contributed by atoms with Crippen molar-refractivity contribution in [2.45, 2.75) is 57.8 Å². The summed E-state index contributed by atoms with van der Waals surface area (Å²) in [5.41, 5.74) is 6.87. The first-order chi connectivity index (χ1) is 9.45. The van der Waals surface area contributed by atoms with Gasteiger partial charge in [-0.25, -0.2) is 0 Å². The molecule has 116 valence electrons. The molecule has 0 aromatic carbocycles. The van der Waals surface area contributed by atoms with E-state index in [0.717, 1.165) is 45.7 Å². The average Bonchev–Trinajstić information content (AvgIpc) is 2.63. The van der Waals surface area contributed by atoms with Crippen LogP contribution in [-0.2, 0) is 9.47 Å². The molecule has 2 saturated heterocycles. The highest BCUT2D eigenvalue weighted by Gasteiger charge is 2.66. The van der Waals surface area contributed by atoms with E-state index in [1.807, 2.05) is 0 Å². The molecule has 2 heterocycles. The summed E-state index contributed by atoms with van der Waals surface area (Å²) in [6.45, 7) is 11.6. The van der Waals surface area contributed by atoms with Crippen LogP contribution in [-0.4, -0.2) is 55.5 Å². The Balaban J connectivity index is 1.71. The molecule has 0 amide bonds. The molecule has 1 aliphatic carbocycles. The van der Waals surface area contributed by atoms with Crippen LogP contribution in [0.4, 0.5) is 0 Å². The Morgan fingerprint density at radius 2 is 1.95 bits per heavy atom. The Morgan fingerprint density at radius 1 is 1.20 bits per heavy atom. The lowest BCUT2D eigenvalue weighted by Crippen LogP contribution is -2.80. The van der Waals surface area contributed by atoms with Crippen molar-refractivity contribution in [3.63, 3.8) is 0 Å². The summed E-state index contributed by atoms with van der Waals surface area (Å²) in [5, 5.41) is 0. The lowest BCUT2D eigenvalue weighted by molar-refractivity contribution is -0.232. The minimum Gasteiger partial charge on any atom is -0.377 e. The van der Waals surface area contributed by atoms with E-state index in [1.54, 1.807) is 0 Å². The third-order valence-corrected chi connectivity index (χ3v) is 5.92. The van der Waals surface area contributed by atoms with Gasteiger partial charge in [0, 0.05) is 49.7 Å². The summed E-state index contributed by atoms with van der Waals surface area (Å²) in [6.07, 6.45) is 4.19. The average molecular weight is 282 g/mol. The summed E-state index contributed by atoms with van der Waals surface area (Å²) >= 11 is 0. The van der Waals surface area contributed by atoms with Crippen LogP contribution in [0.1, 0.15) is 40.0 Å². The molecule has 0 aromatic rings. The van der Waals surface area contributed by atoms with Gasteiger partial charge in [-0.1, -0.05) is 13.8 Å². The van der Waals surface area contributed by atoms with Crippen molar-refractivity contribution in [2.75, 3.05) is 32.8 Å². The largest absolute Gasteiger partial charge is 0.377 e. The molecule has 2 N–H and O–H groups in total. The molecule has 4 nitrogen and oxygen atoms in total. The first-order valence-electron chi connectivity index (χ1n) is 8.19. The zero-order valence-electron chi connectivity index (χ0n) is 13.2. The number of hydrogen-bond acceptors (Lipinski definition) is 4. The normalized spacial score (nSPS) is 45.3. The number of hydrogen-bond donors (Lipinski definition) is 1. The maximum atomic E-state index is 6.90. The Kier molecular flexibility index (Phi) is 3.87. The van der Waals surface area contributed by atoms with Crippen molar-refractivity contribution in [3.8, 4) is 0 Å². The van der Waals surface area contributed by atoms with Crippen LogP contribution in [0, 0.1) is 11.3 Å². The smallest absolute Gasteiger partial charge is 0.0690 e. The summed E-state index contributed by atoms with van der Waals surface area (Å²) < 4.78 is 11.7. The molecular formula is C16H30N2O2. The number of nitrogens with zero attached hydrogens (tertiary/aromatic N) is 1. The van der Waals surface area contributed by atoms with Crippen LogP contribution >= 0.6 is 0 Å². The lowest BCUT2D eigenvalue weighted by atomic mass is 9.46. The molecule has 0 radical (unpaired) electrons. The van der Waals surface area contributed by atoms with Gasteiger partial charge in [0.15, 0.2) is 0 Å². The van der Waals surface area contributed by atoms with Crippen molar-refractivity contribution < 1.29 is 9.47 Å². The van der Waals surface area contributed by atoms with Gasteiger partial charge in [0.05, 0.1) is 12.2 Å². The van der Waals surface area contributed by atoms with Gasteiger partial charge in [-0.05, 0) is 26.2 Å². The van der Waals surface area contributed by atoms with Crippen LogP contribution in [0.2, 0.25) is 0 Å². The fourth-order valence-electron chi connectivity index (χ4n) is 4.58. The third-order valence-electron chi connectivity index (χ3n) is 5.92. The number of fused-ring (bicyclic) bond motifs is 1. The minimum atomic E-state index is -0.109. The van der Waals surface area contributed by atoms with E-state index in [-0.39, 0.29) is 11.0 Å². The number of nitrogens with two attached hydrogens (primary N) is 1. The monoisotopic (exact) mass is 282 g/mol. The highest BCUT2D eigenvalue weighted by Crippen LogP contribution is 2.57. The number of rotatable bonds is 2. The first-order valence-corrected chi connectivity index (χ1v) is 8.19. The van der Waals surface area contributed by atoms with E-state index in [1.165, 1.54) is 6.42 Å². The predicted octanol–water partition coefficient (Wildman–Crippen LogP) is 1.63. The van der Waals surface area contributed by atoms with Gasteiger partial charge in [0.25, 0.3) is 0 Å². The number of ether oxygens (including phenoxy) is 2. The van der Waals surface area contributed by atoms with Gasteiger partial charge in [0.1, 0.15) is 0 Å². The summed E-state index contributed by atoms with van der Waals surface area (Å²) in [4.78, 5) is 2.52. The van der Waals surface area contributed by atoms with Crippen molar-refractivity contribution in [2.24, 2.45) is 17.1 Å². The van der Waals surface area contributed by atoms with E-state index in [9.17, 15) is 0 Å². The standard InChI is InChI=1S/C16H30N2O2/c1-12-10-18(7-5-9-19-12)11-16(17)13-6-4-8-20-14(13)15(16,2)3/h12-14H,4-11,17H2,1-3H3. The molecule has 1 saturated carbocycles. The molecule has 4 unspecified atom stereocenters. The van der Waals surface area contributed by atoms with Crippen LogP contribution in [0.3, 0.4) is 0 Å². The van der Waals surface area contributed by atoms with Crippen molar-refractivity contribution in [3.05, 3.63) is 0 Å². The predicted molar refractivity (Wildman–Crippen MR) is 79.6 cm³/mol. The van der Waals surface area contributed by atoms with Gasteiger partial charge in [0.2, 0.25) is 0 Å². The second-order valence-electron chi connectivity index (χ2n) is 7.57. The molecule has 0 bridgehead atoms. The third kappa shape index (κ3) is 2.21.